The van der Waals surface area contributed by atoms with Crippen molar-refractivity contribution in [3.8, 4) is 17.1 Å². The maximum absolute atomic E-state index is 13.3. The number of methoxy groups -OCH3 is 1. The first-order valence-electron chi connectivity index (χ1n) is 7.90. The van der Waals surface area contributed by atoms with E-state index in [2.05, 4.69) is 10.1 Å². The molecule has 0 fully saturated rings. The number of nitrogens with one attached hydrogen (secondary N) is 1. The quantitative estimate of drug-likeness (QED) is 0.627. The molecule has 136 valence electrons. The van der Waals surface area contributed by atoms with Gasteiger partial charge in [0.1, 0.15) is 11.6 Å². The highest BCUT2D eigenvalue weighted by Gasteiger charge is 2.12. The average Bonchev–Trinajstić information content (AvgIpc) is 2.95. The number of ether oxygens (including phenoxy) is 1. The SMILES string of the molecule is COc1ccc(Cl)cc1-c1nc(=S)n(CN(C)Cc2cccc(F)c2)[nH]1. The first-order chi connectivity index (χ1) is 12.5. The van der Waals surface area contributed by atoms with Crippen LogP contribution in [-0.2, 0) is 13.2 Å². The molecule has 0 saturated carbocycles. The van der Waals surface area contributed by atoms with Gasteiger partial charge in [-0.15, -0.1) is 0 Å². The van der Waals surface area contributed by atoms with Gasteiger partial charge in [-0.3, -0.25) is 10.00 Å². The maximum atomic E-state index is 13.3. The number of H-pyrrole nitrogens is 1. The summed E-state index contributed by atoms with van der Waals surface area (Å²) < 4.78 is 20.8. The van der Waals surface area contributed by atoms with Crippen LogP contribution in [0.4, 0.5) is 4.39 Å². The molecule has 0 unspecified atom stereocenters. The van der Waals surface area contributed by atoms with Crippen LogP contribution in [0.25, 0.3) is 11.4 Å². The summed E-state index contributed by atoms with van der Waals surface area (Å²) >= 11 is 11.4. The van der Waals surface area contributed by atoms with Crippen molar-refractivity contribution < 1.29 is 9.13 Å². The summed E-state index contributed by atoms with van der Waals surface area (Å²) in [6.45, 7) is 1.06. The van der Waals surface area contributed by atoms with E-state index in [1.165, 1.54) is 12.1 Å². The lowest BCUT2D eigenvalue weighted by Crippen LogP contribution is -2.22. The number of nitrogens with zero attached hydrogens (tertiary/aromatic N) is 3. The van der Waals surface area contributed by atoms with Gasteiger partial charge in [0.2, 0.25) is 4.77 Å². The molecule has 26 heavy (non-hydrogen) atoms. The molecule has 0 aliphatic rings. The molecule has 0 atom stereocenters. The van der Waals surface area contributed by atoms with Gasteiger partial charge in [-0.05, 0) is 55.2 Å². The Hall–Kier alpha value is -2.22. The summed E-state index contributed by atoms with van der Waals surface area (Å²) in [5.41, 5.74) is 1.62. The van der Waals surface area contributed by atoms with Crippen molar-refractivity contribution in [3.63, 3.8) is 0 Å². The molecular weight excluding hydrogens is 375 g/mol. The van der Waals surface area contributed by atoms with Crippen LogP contribution in [0.3, 0.4) is 0 Å². The van der Waals surface area contributed by atoms with E-state index in [0.29, 0.717) is 34.6 Å². The average molecular weight is 393 g/mol. The minimum atomic E-state index is -0.246. The van der Waals surface area contributed by atoms with Crippen LogP contribution in [0.1, 0.15) is 5.56 Å². The summed E-state index contributed by atoms with van der Waals surface area (Å²) in [7, 11) is 3.51. The molecule has 0 radical (unpaired) electrons. The van der Waals surface area contributed by atoms with Gasteiger partial charge in [0.25, 0.3) is 0 Å². The third-order valence-electron chi connectivity index (χ3n) is 3.82. The molecular formula is C18H18ClFN4OS. The first kappa shape index (κ1) is 18.6. The number of benzene rings is 2. The fraction of sp³-hybridized carbons (Fsp3) is 0.222. The van der Waals surface area contributed by atoms with Gasteiger partial charge in [-0.1, -0.05) is 23.7 Å². The zero-order valence-electron chi connectivity index (χ0n) is 14.4. The summed E-state index contributed by atoms with van der Waals surface area (Å²) in [6, 6.07) is 11.8. The largest absolute Gasteiger partial charge is 0.496 e. The van der Waals surface area contributed by atoms with Crippen LogP contribution in [0.2, 0.25) is 5.02 Å². The highest BCUT2D eigenvalue weighted by Crippen LogP contribution is 2.30. The molecule has 0 aliphatic carbocycles. The van der Waals surface area contributed by atoms with Gasteiger partial charge in [0.05, 0.1) is 19.3 Å². The Kier molecular flexibility index (Phi) is 5.70. The zero-order chi connectivity index (χ0) is 18.7. The Morgan fingerprint density at radius 2 is 2.12 bits per heavy atom. The molecule has 0 aliphatic heterocycles. The second-order valence-corrected chi connectivity index (χ2v) is 6.71. The molecule has 3 aromatic rings. The van der Waals surface area contributed by atoms with Gasteiger partial charge in [-0.25, -0.2) is 9.07 Å². The first-order valence-corrected chi connectivity index (χ1v) is 8.68. The van der Waals surface area contributed by atoms with Gasteiger partial charge in [0.15, 0.2) is 5.82 Å². The van der Waals surface area contributed by atoms with Crippen molar-refractivity contribution in [2.45, 2.75) is 13.2 Å². The van der Waals surface area contributed by atoms with E-state index in [-0.39, 0.29) is 5.82 Å². The predicted octanol–water partition coefficient (Wildman–Crippen LogP) is 4.50. The fourth-order valence-electron chi connectivity index (χ4n) is 2.68. The fourth-order valence-corrected chi connectivity index (χ4v) is 3.04. The second kappa shape index (κ2) is 7.99. The monoisotopic (exact) mass is 392 g/mol. The van der Waals surface area contributed by atoms with Crippen molar-refractivity contribution in [2.24, 2.45) is 0 Å². The van der Waals surface area contributed by atoms with Crippen LogP contribution >= 0.6 is 23.8 Å². The third-order valence-corrected chi connectivity index (χ3v) is 4.37. The van der Waals surface area contributed by atoms with E-state index in [4.69, 9.17) is 28.6 Å². The molecule has 1 heterocycles. The van der Waals surface area contributed by atoms with Crippen LogP contribution in [0, 0.1) is 10.6 Å². The molecule has 0 bridgehead atoms. The van der Waals surface area contributed by atoms with E-state index >= 15 is 0 Å². The minimum Gasteiger partial charge on any atom is -0.496 e. The topological polar surface area (TPSA) is 46.1 Å². The molecule has 3 rings (SSSR count). The van der Waals surface area contributed by atoms with Gasteiger partial charge in [0, 0.05) is 11.6 Å². The molecule has 0 amide bonds. The molecule has 5 nitrogen and oxygen atoms in total. The molecule has 2 aromatic carbocycles. The van der Waals surface area contributed by atoms with Crippen LogP contribution < -0.4 is 4.74 Å². The highest BCUT2D eigenvalue weighted by molar-refractivity contribution is 7.71. The second-order valence-electron chi connectivity index (χ2n) is 5.91. The van der Waals surface area contributed by atoms with Crippen molar-refractivity contribution in [2.75, 3.05) is 14.2 Å². The van der Waals surface area contributed by atoms with Crippen molar-refractivity contribution >= 4 is 23.8 Å². The summed E-state index contributed by atoms with van der Waals surface area (Å²) in [4.78, 5) is 6.40. The number of rotatable bonds is 6. The minimum absolute atomic E-state index is 0.246. The molecule has 0 saturated heterocycles. The standard InChI is InChI=1S/C18H18ClFN4OS/c1-23(10-12-4-3-5-14(20)8-12)11-24-18(26)21-17(22-24)15-9-13(19)6-7-16(15)25-2/h3-9H,10-11H2,1-2H3,(H,21,22,26). The Morgan fingerprint density at radius 1 is 1.31 bits per heavy atom. The Labute approximate surface area is 161 Å². The lowest BCUT2D eigenvalue weighted by atomic mass is 10.2. The molecule has 0 spiro atoms. The smallest absolute Gasteiger partial charge is 0.217 e. The van der Waals surface area contributed by atoms with Gasteiger partial charge >= 0.3 is 0 Å². The lowest BCUT2D eigenvalue weighted by Gasteiger charge is -2.17. The Morgan fingerprint density at radius 3 is 2.85 bits per heavy atom. The molecule has 8 heteroatoms. The Balaban J connectivity index is 1.80. The number of aromatic nitrogens is 3. The zero-order valence-corrected chi connectivity index (χ0v) is 15.9. The maximum Gasteiger partial charge on any atom is 0.217 e. The number of hydrogen-bond donors (Lipinski definition) is 1. The van der Waals surface area contributed by atoms with Gasteiger partial charge in [-0.2, -0.15) is 4.98 Å². The number of hydrogen-bond acceptors (Lipinski definition) is 4. The van der Waals surface area contributed by atoms with Crippen LogP contribution in [-0.4, -0.2) is 33.8 Å². The predicted molar refractivity (Wildman–Crippen MR) is 102 cm³/mol. The molecule has 1 aromatic heterocycles. The van der Waals surface area contributed by atoms with E-state index in [9.17, 15) is 4.39 Å². The van der Waals surface area contributed by atoms with E-state index in [0.717, 1.165) is 11.1 Å². The van der Waals surface area contributed by atoms with Crippen molar-refractivity contribution in [1.82, 2.24) is 19.7 Å². The number of halogens is 2. The summed E-state index contributed by atoms with van der Waals surface area (Å²) in [6.07, 6.45) is 0. The van der Waals surface area contributed by atoms with Crippen LogP contribution in [0.15, 0.2) is 42.5 Å². The van der Waals surface area contributed by atoms with E-state index in [1.54, 1.807) is 36.1 Å². The van der Waals surface area contributed by atoms with E-state index < -0.39 is 0 Å². The van der Waals surface area contributed by atoms with E-state index in [1.807, 2.05) is 18.0 Å². The van der Waals surface area contributed by atoms with Crippen LogP contribution in [0.5, 0.6) is 5.75 Å². The van der Waals surface area contributed by atoms with Crippen molar-refractivity contribution in [1.29, 1.82) is 0 Å². The summed E-state index contributed by atoms with van der Waals surface area (Å²) in [5, 5.41) is 3.76. The normalized spacial score (nSPS) is 11.1. The van der Waals surface area contributed by atoms with Crippen molar-refractivity contribution in [3.05, 3.63) is 63.6 Å². The molecule has 1 N–H and O–H groups in total. The summed E-state index contributed by atoms with van der Waals surface area (Å²) in [5.74, 6) is 0.983. The highest BCUT2D eigenvalue weighted by atomic mass is 35.5. The van der Waals surface area contributed by atoms with Gasteiger partial charge < -0.3 is 4.74 Å². The third kappa shape index (κ3) is 4.30. The number of aromatic amines is 1. The lowest BCUT2D eigenvalue weighted by molar-refractivity contribution is 0.244. The Bertz CT molecular complexity index is 972.